The molecule has 1 aromatic rings. The van der Waals surface area contributed by atoms with Crippen LogP contribution in [0.15, 0.2) is 30.3 Å². The smallest absolute Gasteiger partial charge is 1.00 e. The van der Waals surface area contributed by atoms with E-state index in [1.807, 2.05) is 0 Å². The van der Waals surface area contributed by atoms with Gasteiger partial charge in [-0.3, -0.25) is 14.1 Å². The van der Waals surface area contributed by atoms with Crippen molar-refractivity contribution in [3.63, 3.8) is 0 Å². The van der Waals surface area contributed by atoms with Gasteiger partial charge in [-0.05, 0) is 19.4 Å². The number of hydrogen-bond donors (Lipinski definition) is 3. The van der Waals surface area contributed by atoms with Crippen LogP contribution >= 0.6 is 11.8 Å². The SMILES string of the molecule is CC1(C)S[C@@H]2[C@H](NC(=O)[C@@H](c3ccccc3)S(=O)(=O)O)C(=O)N2[C@H]1C(=O)O.[H-].[Na+]. The minimum atomic E-state index is -4.77. The Morgan fingerprint density at radius 2 is 1.86 bits per heavy atom. The van der Waals surface area contributed by atoms with Gasteiger partial charge in [0.1, 0.15) is 17.5 Å². The number of β-lactam (4-membered cyclic amide) rings is 1. The number of carboxylic acid groups (broad SMARTS) is 1. The Labute approximate surface area is 189 Å². The molecule has 12 heteroatoms. The van der Waals surface area contributed by atoms with E-state index in [0.29, 0.717) is 0 Å². The normalized spacial score (nSPS) is 26.5. The number of nitrogens with one attached hydrogen (secondary N) is 1. The van der Waals surface area contributed by atoms with Gasteiger partial charge >= 0.3 is 35.5 Å². The van der Waals surface area contributed by atoms with Crippen LogP contribution in [0.4, 0.5) is 0 Å². The number of thioether (sulfide) groups is 1. The number of carbonyl (C=O) groups excluding carboxylic acids is 2. The molecule has 148 valence electrons. The molecule has 0 aliphatic carbocycles. The summed E-state index contributed by atoms with van der Waals surface area (Å²) >= 11 is 1.22. The van der Waals surface area contributed by atoms with Crippen LogP contribution in [0.2, 0.25) is 0 Å². The summed E-state index contributed by atoms with van der Waals surface area (Å²) in [5.41, 5.74) is 0.0592. The number of nitrogens with zero attached hydrogens (tertiary/aromatic N) is 1. The molecule has 3 N–H and O–H groups in total. The van der Waals surface area contributed by atoms with E-state index < -0.39 is 55.4 Å². The largest absolute Gasteiger partial charge is 1.00 e. The fraction of sp³-hybridized carbons (Fsp3) is 0.438. The minimum absolute atomic E-state index is 0. The van der Waals surface area contributed by atoms with Crippen LogP contribution in [0, 0.1) is 0 Å². The average molecular weight is 438 g/mol. The van der Waals surface area contributed by atoms with Crippen LogP contribution in [-0.2, 0) is 24.5 Å². The number of benzene rings is 1. The Bertz CT molecular complexity index is 913. The van der Waals surface area contributed by atoms with Crippen molar-refractivity contribution in [1.29, 1.82) is 0 Å². The van der Waals surface area contributed by atoms with Crippen molar-refractivity contribution in [2.75, 3.05) is 0 Å². The molecule has 2 fully saturated rings. The molecule has 9 nitrogen and oxygen atoms in total. The van der Waals surface area contributed by atoms with E-state index >= 15 is 0 Å². The minimum Gasteiger partial charge on any atom is -1.00 e. The Hall–Kier alpha value is -1.11. The van der Waals surface area contributed by atoms with Crippen LogP contribution in [0.5, 0.6) is 0 Å². The molecular weight excluding hydrogens is 419 g/mol. The molecule has 2 aliphatic rings. The second kappa shape index (κ2) is 7.96. The maximum atomic E-state index is 12.6. The Morgan fingerprint density at radius 3 is 2.36 bits per heavy atom. The standard InChI is InChI=1S/C16H18N2O7S2.Na.H/c1-16(2)11(15(21)22)18-13(20)9(14(18)26-16)17-12(19)10(27(23,24)25)8-6-4-3-5-7-8;;/h3-7,9-11,14H,1-2H3,(H,17,19)(H,21,22)(H,23,24,25);;/q;+1;-1/t9-,10-,11+,14-;;/m1../s1. The molecule has 4 atom stereocenters. The van der Waals surface area contributed by atoms with E-state index in [1.54, 1.807) is 19.9 Å². The summed E-state index contributed by atoms with van der Waals surface area (Å²) in [5, 5.41) is 9.26. The molecule has 0 aromatic heterocycles. The maximum absolute atomic E-state index is 12.6. The summed E-state index contributed by atoms with van der Waals surface area (Å²) in [6.07, 6.45) is 0. The van der Waals surface area contributed by atoms with Crippen molar-refractivity contribution in [2.45, 2.75) is 41.3 Å². The molecule has 3 rings (SSSR count). The van der Waals surface area contributed by atoms with Gasteiger partial charge in [-0.15, -0.1) is 11.8 Å². The Morgan fingerprint density at radius 1 is 1.29 bits per heavy atom. The van der Waals surface area contributed by atoms with Crippen LogP contribution in [0.3, 0.4) is 0 Å². The first-order chi connectivity index (χ1) is 12.4. The van der Waals surface area contributed by atoms with E-state index in [2.05, 4.69) is 5.32 Å². The van der Waals surface area contributed by atoms with E-state index in [-0.39, 0.29) is 36.5 Å². The van der Waals surface area contributed by atoms with Gasteiger partial charge in [0, 0.05) is 4.75 Å². The molecule has 2 heterocycles. The second-order valence-electron chi connectivity index (χ2n) is 6.89. The van der Waals surface area contributed by atoms with Gasteiger partial charge in [0.2, 0.25) is 11.8 Å². The molecule has 2 amide bonds. The van der Waals surface area contributed by atoms with Gasteiger partial charge in [0.15, 0.2) is 5.25 Å². The summed E-state index contributed by atoms with van der Waals surface area (Å²) in [5.74, 6) is -2.78. The molecular formula is C16H19N2NaO7S2. The van der Waals surface area contributed by atoms with Crippen molar-refractivity contribution >= 4 is 39.7 Å². The van der Waals surface area contributed by atoms with Gasteiger partial charge in [-0.25, -0.2) is 4.79 Å². The van der Waals surface area contributed by atoms with Crippen LogP contribution < -0.4 is 34.9 Å². The fourth-order valence-corrected chi connectivity index (χ4v) is 5.93. The first-order valence-electron chi connectivity index (χ1n) is 7.99. The predicted molar refractivity (Wildman–Crippen MR) is 97.5 cm³/mol. The Kier molecular flexibility index (Phi) is 6.59. The van der Waals surface area contributed by atoms with Gasteiger partial charge in [0.25, 0.3) is 10.1 Å². The topological polar surface area (TPSA) is 141 Å². The molecule has 2 aliphatic heterocycles. The molecule has 0 radical (unpaired) electrons. The van der Waals surface area contributed by atoms with Gasteiger partial charge in [0.05, 0.1) is 0 Å². The van der Waals surface area contributed by atoms with Crippen LogP contribution in [0.1, 0.15) is 26.1 Å². The average Bonchev–Trinajstić information content (AvgIpc) is 2.81. The summed E-state index contributed by atoms with van der Waals surface area (Å²) in [6, 6.07) is 5.31. The van der Waals surface area contributed by atoms with Gasteiger partial charge in [-0.2, -0.15) is 8.42 Å². The number of hydrogen-bond acceptors (Lipinski definition) is 6. The third-order valence-electron chi connectivity index (χ3n) is 4.61. The third kappa shape index (κ3) is 3.96. The number of carbonyl (C=O) groups is 3. The first kappa shape index (κ1) is 23.2. The summed E-state index contributed by atoms with van der Waals surface area (Å²) in [4.78, 5) is 37.7. The zero-order valence-electron chi connectivity index (χ0n) is 16.4. The molecule has 2 saturated heterocycles. The predicted octanol–water partition coefficient (Wildman–Crippen LogP) is -2.64. The van der Waals surface area contributed by atoms with E-state index in [1.165, 1.54) is 40.9 Å². The van der Waals surface area contributed by atoms with Crippen molar-refractivity contribution in [1.82, 2.24) is 10.2 Å². The van der Waals surface area contributed by atoms with Crippen molar-refractivity contribution in [2.24, 2.45) is 0 Å². The molecule has 0 saturated carbocycles. The quantitative estimate of drug-likeness (QED) is 0.258. The molecule has 28 heavy (non-hydrogen) atoms. The van der Waals surface area contributed by atoms with Crippen molar-refractivity contribution in [3.05, 3.63) is 35.9 Å². The second-order valence-corrected chi connectivity index (χ2v) is 10.2. The molecule has 0 unspecified atom stereocenters. The number of amides is 2. The fourth-order valence-electron chi connectivity index (χ4n) is 3.46. The Balaban J connectivity index is 0.00000210. The monoisotopic (exact) mass is 438 g/mol. The summed E-state index contributed by atoms with van der Waals surface area (Å²) < 4.78 is 32.2. The molecule has 1 aromatic carbocycles. The first-order valence-corrected chi connectivity index (χ1v) is 10.4. The third-order valence-corrected chi connectivity index (χ3v) is 7.26. The van der Waals surface area contributed by atoms with Crippen molar-refractivity contribution < 1.29 is 63.4 Å². The molecule has 0 bridgehead atoms. The van der Waals surface area contributed by atoms with Gasteiger partial charge < -0.3 is 16.7 Å². The van der Waals surface area contributed by atoms with Crippen LogP contribution in [-0.4, -0.2) is 63.0 Å². The zero-order chi connectivity index (χ0) is 20.1. The van der Waals surface area contributed by atoms with E-state index in [0.717, 1.165) is 0 Å². The summed E-state index contributed by atoms with van der Waals surface area (Å²) in [6.45, 7) is 3.37. The van der Waals surface area contributed by atoms with Gasteiger partial charge in [-0.1, -0.05) is 30.3 Å². The number of aliphatic carboxylic acids is 1. The summed E-state index contributed by atoms with van der Waals surface area (Å²) in [7, 11) is -4.77. The van der Waals surface area contributed by atoms with E-state index in [9.17, 15) is 32.5 Å². The number of carboxylic acids is 1. The van der Waals surface area contributed by atoms with Crippen LogP contribution in [0.25, 0.3) is 0 Å². The zero-order valence-corrected chi connectivity index (χ0v) is 19.0. The molecule has 0 spiro atoms. The van der Waals surface area contributed by atoms with E-state index in [4.69, 9.17) is 0 Å². The van der Waals surface area contributed by atoms with Crippen molar-refractivity contribution in [3.8, 4) is 0 Å². The maximum Gasteiger partial charge on any atom is 1.00 e. The number of rotatable bonds is 5. The number of fused-ring (bicyclic) bond motifs is 1.